The second-order valence-corrected chi connectivity index (χ2v) is 7.19. The smallest absolute Gasteiger partial charge is 0.246 e. The van der Waals surface area contributed by atoms with Crippen molar-refractivity contribution < 1.29 is 14.3 Å². The van der Waals surface area contributed by atoms with Crippen molar-refractivity contribution in [2.75, 3.05) is 26.8 Å². The Bertz CT molecular complexity index is 550. The molecule has 1 N–H and O–H groups in total. The van der Waals surface area contributed by atoms with Crippen molar-refractivity contribution in [3.05, 3.63) is 29.8 Å². The fourth-order valence-electron chi connectivity index (χ4n) is 3.78. The first-order valence-corrected chi connectivity index (χ1v) is 9.49. The van der Waals surface area contributed by atoms with Gasteiger partial charge in [-0.25, -0.2) is 0 Å². The van der Waals surface area contributed by atoms with Crippen molar-refractivity contribution in [1.29, 1.82) is 0 Å². The number of piperidine rings is 1. The lowest BCUT2D eigenvalue weighted by molar-refractivity contribution is -0.128. The van der Waals surface area contributed by atoms with Crippen LogP contribution in [0, 0.1) is 0 Å². The number of methoxy groups -OCH3 is 1. The van der Waals surface area contributed by atoms with E-state index in [2.05, 4.69) is 22.3 Å². The molecule has 0 aromatic heterocycles. The van der Waals surface area contributed by atoms with E-state index in [-0.39, 0.29) is 18.6 Å². The summed E-state index contributed by atoms with van der Waals surface area (Å²) in [6.07, 6.45) is 6.98. The monoisotopic (exact) mass is 346 g/mol. The van der Waals surface area contributed by atoms with Crippen LogP contribution in [-0.2, 0) is 16.1 Å². The van der Waals surface area contributed by atoms with Gasteiger partial charge in [-0.3, -0.25) is 9.69 Å². The Balaban J connectivity index is 1.35. The summed E-state index contributed by atoms with van der Waals surface area (Å²) < 4.78 is 11.0. The molecule has 5 heteroatoms. The largest absolute Gasteiger partial charge is 0.497 e. The van der Waals surface area contributed by atoms with E-state index in [0.717, 1.165) is 51.1 Å². The molecule has 1 aliphatic heterocycles. The maximum absolute atomic E-state index is 12.0. The first-order valence-electron chi connectivity index (χ1n) is 9.49. The van der Waals surface area contributed by atoms with Crippen molar-refractivity contribution in [3.63, 3.8) is 0 Å². The number of carbonyl (C=O) groups excluding carboxylic acids is 1. The Morgan fingerprint density at radius 1 is 1.20 bits per heavy atom. The van der Waals surface area contributed by atoms with Gasteiger partial charge in [-0.05, 0) is 43.4 Å². The van der Waals surface area contributed by atoms with Gasteiger partial charge in [-0.1, -0.05) is 25.0 Å². The van der Waals surface area contributed by atoms with Crippen molar-refractivity contribution in [2.45, 2.75) is 57.2 Å². The van der Waals surface area contributed by atoms with Gasteiger partial charge in [0.2, 0.25) is 5.91 Å². The normalized spacial score (nSPS) is 19.9. The Morgan fingerprint density at radius 2 is 1.96 bits per heavy atom. The van der Waals surface area contributed by atoms with Crippen LogP contribution in [0.2, 0.25) is 0 Å². The average molecular weight is 346 g/mol. The lowest BCUT2D eigenvalue weighted by atomic mass is 10.0. The second-order valence-electron chi connectivity index (χ2n) is 7.19. The van der Waals surface area contributed by atoms with Gasteiger partial charge in [0, 0.05) is 25.7 Å². The number of rotatable bonds is 7. The number of nitrogens with zero attached hydrogens (tertiary/aromatic N) is 1. The molecule has 1 amide bonds. The Morgan fingerprint density at radius 3 is 2.68 bits per heavy atom. The molecule has 2 aliphatic rings. The SMILES string of the molecule is COc1cccc(CN2CCC(NC(=O)COC3CCCC3)CC2)c1. The van der Waals surface area contributed by atoms with E-state index in [4.69, 9.17) is 9.47 Å². The Labute approximate surface area is 150 Å². The topological polar surface area (TPSA) is 50.8 Å². The second kappa shape index (κ2) is 9.20. The minimum atomic E-state index is 0.0399. The van der Waals surface area contributed by atoms with Crippen LogP contribution in [0.5, 0.6) is 5.75 Å². The van der Waals surface area contributed by atoms with E-state index in [9.17, 15) is 4.79 Å². The molecule has 0 radical (unpaired) electrons. The van der Waals surface area contributed by atoms with E-state index >= 15 is 0 Å². The molecule has 138 valence electrons. The molecule has 0 atom stereocenters. The van der Waals surface area contributed by atoms with Crippen LogP contribution >= 0.6 is 0 Å². The highest BCUT2D eigenvalue weighted by molar-refractivity contribution is 5.77. The van der Waals surface area contributed by atoms with E-state index in [0.29, 0.717) is 6.10 Å². The van der Waals surface area contributed by atoms with Crippen molar-refractivity contribution in [3.8, 4) is 5.75 Å². The number of likely N-dealkylation sites (tertiary alicyclic amines) is 1. The summed E-state index contributed by atoms with van der Waals surface area (Å²) in [7, 11) is 1.70. The molecule has 0 bridgehead atoms. The number of hydrogen-bond donors (Lipinski definition) is 1. The van der Waals surface area contributed by atoms with Gasteiger partial charge in [0.05, 0.1) is 13.2 Å². The minimum Gasteiger partial charge on any atom is -0.497 e. The van der Waals surface area contributed by atoms with Crippen LogP contribution in [0.1, 0.15) is 44.1 Å². The molecule has 25 heavy (non-hydrogen) atoms. The number of nitrogens with one attached hydrogen (secondary N) is 1. The zero-order chi connectivity index (χ0) is 17.5. The van der Waals surface area contributed by atoms with Crippen LogP contribution < -0.4 is 10.1 Å². The lowest BCUT2D eigenvalue weighted by Gasteiger charge is -2.32. The summed E-state index contributed by atoms with van der Waals surface area (Å²) in [5, 5.41) is 3.13. The quantitative estimate of drug-likeness (QED) is 0.825. The average Bonchev–Trinajstić information content (AvgIpc) is 3.15. The zero-order valence-electron chi connectivity index (χ0n) is 15.2. The minimum absolute atomic E-state index is 0.0399. The molecule has 1 aliphatic carbocycles. The van der Waals surface area contributed by atoms with Crippen molar-refractivity contribution >= 4 is 5.91 Å². The summed E-state index contributed by atoms with van der Waals surface area (Å²) in [6.45, 7) is 3.16. The third-order valence-corrected chi connectivity index (χ3v) is 5.25. The van der Waals surface area contributed by atoms with Crippen LogP contribution in [0.25, 0.3) is 0 Å². The summed E-state index contributed by atoms with van der Waals surface area (Å²) in [5.41, 5.74) is 1.27. The van der Waals surface area contributed by atoms with Gasteiger partial charge >= 0.3 is 0 Å². The molecule has 2 fully saturated rings. The fraction of sp³-hybridized carbons (Fsp3) is 0.650. The molecular formula is C20H30N2O3. The van der Waals surface area contributed by atoms with E-state index < -0.39 is 0 Å². The van der Waals surface area contributed by atoms with E-state index in [1.165, 1.54) is 18.4 Å². The maximum Gasteiger partial charge on any atom is 0.246 e. The fourth-order valence-corrected chi connectivity index (χ4v) is 3.78. The molecule has 5 nitrogen and oxygen atoms in total. The van der Waals surface area contributed by atoms with Crippen LogP contribution in [0.15, 0.2) is 24.3 Å². The van der Waals surface area contributed by atoms with Crippen LogP contribution in [0.4, 0.5) is 0 Å². The number of carbonyl (C=O) groups is 1. The molecule has 1 saturated carbocycles. The third kappa shape index (κ3) is 5.72. The third-order valence-electron chi connectivity index (χ3n) is 5.25. The molecule has 0 spiro atoms. The maximum atomic E-state index is 12.0. The summed E-state index contributed by atoms with van der Waals surface area (Å²) >= 11 is 0. The highest BCUT2D eigenvalue weighted by Crippen LogP contribution is 2.21. The van der Waals surface area contributed by atoms with E-state index in [1.807, 2.05) is 12.1 Å². The lowest BCUT2D eigenvalue weighted by Crippen LogP contribution is -2.45. The van der Waals surface area contributed by atoms with Gasteiger partial charge in [0.25, 0.3) is 0 Å². The zero-order valence-corrected chi connectivity index (χ0v) is 15.2. The van der Waals surface area contributed by atoms with Gasteiger partial charge in [-0.2, -0.15) is 0 Å². The standard InChI is InChI=1S/C20H30N2O3/c1-24-19-8-4-5-16(13-19)14-22-11-9-17(10-12-22)21-20(23)15-25-18-6-2-3-7-18/h4-5,8,13,17-18H,2-3,6-7,9-12,14-15H2,1H3,(H,21,23). The summed E-state index contributed by atoms with van der Waals surface area (Å²) in [5.74, 6) is 0.944. The van der Waals surface area contributed by atoms with Crippen LogP contribution in [0.3, 0.4) is 0 Å². The number of ether oxygens (including phenoxy) is 2. The molecule has 1 aromatic carbocycles. The summed E-state index contributed by atoms with van der Waals surface area (Å²) in [6, 6.07) is 8.51. The highest BCUT2D eigenvalue weighted by Gasteiger charge is 2.22. The highest BCUT2D eigenvalue weighted by atomic mass is 16.5. The van der Waals surface area contributed by atoms with Crippen LogP contribution in [-0.4, -0.2) is 49.8 Å². The van der Waals surface area contributed by atoms with Crippen molar-refractivity contribution in [2.24, 2.45) is 0 Å². The predicted molar refractivity (Wildman–Crippen MR) is 97.6 cm³/mol. The van der Waals surface area contributed by atoms with Gasteiger partial charge in [0.15, 0.2) is 0 Å². The molecule has 1 heterocycles. The van der Waals surface area contributed by atoms with Gasteiger partial charge < -0.3 is 14.8 Å². The molecule has 1 aromatic rings. The van der Waals surface area contributed by atoms with E-state index in [1.54, 1.807) is 7.11 Å². The Hall–Kier alpha value is -1.59. The predicted octanol–water partition coefficient (Wildman–Crippen LogP) is 2.74. The number of amides is 1. The first-order chi connectivity index (χ1) is 12.2. The van der Waals surface area contributed by atoms with Gasteiger partial charge in [0.1, 0.15) is 12.4 Å². The number of hydrogen-bond acceptors (Lipinski definition) is 4. The van der Waals surface area contributed by atoms with Crippen molar-refractivity contribution in [1.82, 2.24) is 10.2 Å². The molecule has 0 unspecified atom stereocenters. The molecular weight excluding hydrogens is 316 g/mol. The molecule has 1 saturated heterocycles. The summed E-state index contributed by atoms with van der Waals surface area (Å²) in [4.78, 5) is 14.5. The van der Waals surface area contributed by atoms with Gasteiger partial charge in [-0.15, -0.1) is 0 Å². The Kier molecular flexibility index (Phi) is 6.70. The molecule has 3 rings (SSSR count). The first kappa shape index (κ1) is 18.2. The number of benzene rings is 1.